The molecule has 20 heavy (non-hydrogen) atoms. The van der Waals surface area contributed by atoms with E-state index in [1.807, 2.05) is 0 Å². The third-order valence-electron chi connectivity index (χ3n) is 4.67. The first kappa shape index (κ1) is 15.5. The Morgan fingerprint density at radius 3 is 2.40 bits per heavy atom. The van der Waals surface area contributed by atoms with Crippen LogP contribution < -0.4 is 0 Å². The van der Waals surface area contributed by atoms with Gasteiger partial charge in [0.2, 0.25) is 0 Å². The summed E-state index contributed by atoms with van der Waals surface area (Å²) in [7, 11) is 0. The summed E-state index contributed by atoms with van der Waals surface area (Å²) in [6.45, 7) is 14.1. The zero-order chi connectivity index (χ0) is 14.5. The van der Waals surface area contributed by atoms with Gasteiger partial charge in [0, 0.05) is 38.3 Å². The fraction of sp³-hybridized carbons (Fsp3) is 0.667. The van der Waals surface area contributed by atoms with Crippen LogP contribution in [-0.4, -0.2) is 48.1 Å². The molecule has 1 aromatic rings. The van der Waals surface area contributed by atoms with Gasteiger partial charge in [-0.25, -0.2) is 0 Å². The smallest absolute Gasteiger partial charge is 0.0198 e. The second kappa shape index (κ2) is 7.24. The van der Waals surface area contributed by atoms with Gasteiger partial charge >= 0.3 is 0 Å². The molecule has 0 spiro atoms. The van der Waals surface area contributed by atoms with Gasteiger partial charge in [-0.2, -0.15) is 0 Å². The average Bonchev–Trinajstić information content (AvgIpc) is 2.45. The fourth-order valence-corrected chi connectivity index (χ4v) is 3.49. The normalized spacial score (nSPS) is 23.1. The van der Waals surface area contributed by atoms with Crippen molar-refractivity contribution >= 4 is 0 Å². The van der Waals surface area contributed by atoms with E-state index in [1.165, 1.54) is 38.2 Å². The molecule has 0 aromatic heterocycles. The van der Waals surface area contributed by atoms with E-state index in [4.69, 9.17) is 0 Å². The molecule has 0 saturated carbocycles. The molecule has 1 fully saturated rings. The van der Waals surface area contributed by atoms with E-state index >= 15 is 0 Å². The van der Waals surface area contributed by atoms with Crippen molar-refractivity contribution < 1.29 is 0 Å². The molecule has 0 bridgehead atoms. The maximum atomic E-state index is 2.66. The van der Waals surface area contributed by atoms with Crippen LogP contribution in [0.5, 0.6) is 0 Å². The largest absolute Gasteiger partial charge is 0.300 e. The molecule has 1 aliphatic rings. The number of nitrogens with zero attached hydrogens (tertiary/aromatic N) is 2. The minimum atomic E-state index is 0.670. The summed E-state index contributed by atoms with van der Waals surface area (Å²) in [5, 5.41) is 0. The van der Waals surface area contributed by atoms with Gasteiger partial charge in [0.1, 0.15) is 0 Å². The quantitative estimate of drug-likeness (QED) is 0.809. The lowest BCUT2D eigenvalue weighted by atomic mass is 9.95. The highest BCUT2D eigenvalue weighted by molar-refractivity contribution is 5.19. The lowest BCUT2D eigenvalue weighted by Crippen LogP contribution is -2.54. The molecule has 2 heteroatoms. The molecular weight excluding hydrogens is 244 g/mol. The van der Waals surface area contributed by atoms with Crippen LogP contribution in [0.1, 0.15) is 45.6 Å². The van der Waals surface area contributed by atoms with Gasteiger partial charge in [-0.1, -0.05) is 37.3 Å². The van der Waals surface area contributed by atoms with E-state index < -0.39 is 0 Å². The van der Waals surface area contributed by atoms with Crippen LogP contribution in [0.3, 0.4) is 0 Å². The molecule has 0 radical (unpaired) electrons. The molecule has 1 aromatic carbocycles. The van der Waals surface area contributed by atoms with Gasteiger partial charge in [0.15, 0.2) is 0 Å². The monoisotopic (exact) mass is 274 g/mol. The molecule has 0 aliphatic carbocycles. The van der Waals surface area contributed by atoms with E-state index in [9.17, 15) is 0 Å². The predicted octanol–water partition coefficient (Wildman–Crippen LogP) is 3.59. The van der Waals surface area contributed by atoms with Crippen molar-refractivity contribution in [2.75, 3.05) is 26.2 Å². The topological polar surface area (TPSA) is 6.48 Å². The van der Waals surface area contributed by atoms with Crippen LogP contribution >= 0.6 is 0 Å². The Hall–Kier alpha value is -0.860. The number of hydrogen-bond donors (Lipinski definition) is 0. The number of benzene rings is 1. The molecule has 1 saturated heterocycles. The van der Waals surface area contributed by atoms with E-state index in [0.717, 1.165) is 0 Å². The molecule has 2 rings (SSSR count). The molecule has 2 atom stereocenters. The van der Waals surface area contributed by atoms with Crippen molar-refractivity contribution in [2.45, 2.75) is 52.1 Å². The van der Waals surface area contributed by atoms with Crippen LogP contribution in [0.4, 0.5) is 0 Å². The van der Waals surface area contributed by atoms with Gasteiger partial charge in [-0.15, -0.1) is 0 Å². The Morgan fingerprint density at radius 1 is 1.15 bits per heavy atom. The van der Waals surface area contributed by atoms with E-state index in [0.29, 0.717) is 18.0 Å². The number of rotatable bonds is 5. The maximum Gasteiger partial charge on any atom is 0.0198 e. The first-order chi connectivity index (χ1) is 9.61. The van der Waals surface area contributed by atoms with Crippen LogP contribution in [0.2, 0.25) is 0 Å². The van der Waals surface area contributed by atoms with Crippen LogP contribution in [-0.2, 0) is 0 Å². The summed E-state index contributed by atoms with van der Waals surface area (Å²) < 4.78 is 0. The van der Waals surface area contributed by atoms with Crippen molar-refractivity contribution in [3.8, 4) is 0 Å². The van der Waals surface area contributed by atoms with Gasteiger partial charge < -0.3 is 0 Å². The summed E-state index contributed by atoms with van der Waals surface area (Å²) in [6, 6.07) is 12.3. The lowest BCUT2D eigenvalue weighted by molar-refractivity contribution is 0.0568. The average molecular weight is 274 g/mol. The Labute approximate surface area is 124 Å². The van der Waals surface area contributed by atoms with Crippen molar-refractivity contribution in [2.24, 2.45) is 0 Å². The molecule has 112 valence electrons. The van der Waals surface area contributed by atoms with Crippen molar-refractivity contribution in [1.82, 2.24) is 9.80 Å². The highest BCUT2D eigenvalue weighted by Gasteiger charge is 2.26. The molecule has 0 unspecified atom stereocenters. The molecule has 0 amide bonds. The van der Waals surface area contributed by atoms with Gasteiger partial charge in [-0.05, 0) is 38.7 Å². The second-order valence-corrected chi connectivity index (χ2v) is 6.46. The Balaban J connectivity index is 1.93. The minimum absolute atomic E-state index is 0.670. The molecule has 1 heterocycles. The van der Waals surface area contributed by atoms with Crippen molar-refractivity contribution in [1.29, 1.82) is 0 Å². The number of hydrogen-bond acceptors (Lipinski definition) is 2. The third-order valence-corrected chi connectivity index (χ3v) is 4.67. The van der Waals surface area contributed by atoms with Crippen molar-refractivity contribution in [3.05, 3.63) is 35.9 Å². The fourth-order valence-electron chi connectivity index (χ4n) is 3.49. The van der Waals surface area contributed by atoms with Crippen LogP contribution in [0.25, 0.3) is 0 Å². The minimum Gasteiger partial charge on any atom is -0.300 e. The van der Waals surface area contributed by atoms with Gasteiger partial charge in [0.25, 0.3) is 0 Å². The summed E-state index contributed by atoms with van der Waals surface area (Å²) in [5.41, 5.74) is 1.49. The highest BCUT2D eigenvalue weighted by Crippen LogP contribution is 2.22. The standard InChI is InChI=1S/C18H30N2/c1-5-17(18-9-7-6-8-10-18)14-19-11-12-20(15(2)3)16(4)13-19/h6-10,15-17H,5,11-14H2,1-4H3/t16-,17-/m1/s1. The van der Waals surface area contributed by atoms with E-state index in [1.54, 1.807) is 0 Å². The SMILES string of the molecule is CC[C@H](CN1CCN(C(C)C)[C@H](C)C1)c1ccccc1. The summed E-state index contributed by atoms with van der Waals surface area (Å²) in [4.78, 5) is 5.28. The third kappa shape index (κ3) is 3.83. The first-order valence-electron chi connectivity index (χ1n) is 8.14. The lowest BCUT2D eigenvalue weighted by Gasteiger charge is -2.43. The molecule has 2 nitrogen and oxygen atoms in total. The van der Waals surface area contributed by atoms with Crippen LogP contribution in [0.15, 0.2) is 30.3 Å². The summed E-state index contributed by atoms with van der Waals surface area (Å²) >= 11 is 0. The Kier molecular flexibility index (Phi) is 5.62. The Bertz CT molecular complexity index is 388. The highest BCUT2D eigenvalue weighted by atomic mass is 15.3. The zero-order valence-electron chi connectivity index (χ0n) is 13.5. The van der Waals surface area contributed by atoms with Crippen molar-refractivity contribution in [3.63, 3.8) is 0 Å². The molecular formula is C18H30N2. The second-order valence-electron chi connectivity index (χ2n) is 6.46. The maximum absolute atomic E-state index is 2.66. The molecule has 0 N–H and O–H groups in total. The van der Waals surface area contributed by atoms with E-state index in [2.05, 4.69) is 67.8 Å². The van der Waals surface area contributed by atoms with Gasteiger partial charge in [0.05, 0.1) is 0 Å². The Morgan fingerprint density at radius 2 is 1.85 bits per heavy atom. The first-order valence-corrected chi connectivity index (χ1v) is 8.14. The van der Waals surface area contributed by atoms with Gasteiger partial charge in [-0.3, -0.25) is 9.80 Å². The predicted molar refractivity (Wildman–Crippen MR) is 87.2 cm³/mol. The van der Waals surface area contributed by atoms with Crippen LogP contribution in [0, 0.1) is 0 Å². The molecule has 1 aliphatic heterocycles. The summed E-state index contributed by atoms with van der Waals surface area (Å²) in [6.07, 6.45) is 1.22. The zero-order valence-corrected chi connectivity index (χ0v) is 13.5. The number of piperazine rings is 1. The summed E-state index contributed by atoms with van der Waals surface area (Å²) in [5.74, 6) is 0.675. The van der Waals surface area contributed by atoms with E-state index in [-0.39, 0.29) is 0 Å².